The SMILES string of the molecule is CC(=O)N(CC(=O)N1CCN(c2ccc(-c3ccc(Cl)cc3Cl)nn2)CC1)[C@H](C)c1ccccc1. The quantitative estimate of drug-likeness (QED) is 0.479. The van der Waals surface area contributed by atoms with Crippen LogP contribution in [0, 0.1) is 0 Å². The van der Waals surface area contributed by atoms with Crippen LogP contribution < -0.4 is 4.90 Å². The minimum absolute atomic E-state index is 0.0542. The topological polar surface area (TPSA) is 69.6 Å². The first kappa shape index (κ1) is 24.9. The molecule has 0 spiro atoms. The van der Waals surface area contributed by atoms with Crippen LogP contribution in [0.3, 0.4) is 0 Å². The summed E-state index contributed by atoms with van der Waals surface area (Å²) in [5.41, 5.74) is 2.44. The van der Waals surface area contributed by atoms with Crippen LogP contribution in [-0.2, 0) is 9.59 Å². The predicted molar refractivity (Wildman–Crippen MR) is 139 cm³/mol. The van der Waals surface area contributed by atoms with Crippen molar-refractivity contribution >= 4 is 40.8 Å². The molecule has 0 unspecified atom stereocenters. The van der Waals surface area contributed by atoms with E-state index in [9.17, 15) is 9.59 Å². The van der Waals surface area contributed by atoms with Crippen molar-refractivity contribution in [2.45, 2.75) is 19.9 Å². The highest BCUT2D eigenvalue weighted by Gasteiger charge is 2.27. The van der Waals surface area contributed by atoms with Crippen LogP contribution in [0.25, 0.3) is 11.3 Å². The third-order valence-corrected chi connectivity index (χ3v) is 6.82. The Balaban J connectivity index is 1.35. The van der Waals surface area contributed by atoms with Gasteiger partial charge in [0.2, 0.25) is 11.8 Å². The molecular weight excluding hydrogens is 485 g/mol. The van der Waals surface area contributed by atoms with E-state index in [0.29, 0.717) is 41.9 Å². The monoisotopic (exact) mass is 511 g/mol. The summed E-state index contributed by atoms with van der Waals surface area (Å²) < 4.78 is 0. The first-order chi connectivity index (χ1) is 16.8. The minimum Gasteiger partial charge on any atom is -0.352 e. The fraction of sp³-hybridized carbons (Fsp3) is 0.308. The van der Waals surface area contributed by atoms with Crippen LogP contribution in [0.15, 0.2) is 60.7 Å². The average molecular weight is 512 g/mol. The van der Waals surface area contributed by atoms with Crippen molar-refractivity contribution in [2.75, 3.05) is 37.6 Å². The standard InChI is InChI=1S/C26H27Cl2N5O2/c1-18(20-6-4-3-5-7-20)33(19(2)34)17-26(35)32-14-12-31(13-15-32)25-11-10-24(29-30-25)22-9-8-21(27)16-23(22)28/h3-11,16,18H,12-15,17H2,1-2H3/t18-/m1/s1. The molecule has 1 aliphatic heterocycles. The van der Waals surface area contributed by atoms with Gasteiger partial charge in [-0.25, -0.2) is 0 Å². The van der Waals surface area contributed by atoms with E-state index in [-0.39, 0.29) is 24.4 Å². The molecule has 7 nitrogen and oxygen atoms in total. The first-order valence-electron chi connectivity index (χ1n) is 11.5. The van der Waals surface area contributed by atoms with Gasteiger partial charge in [-0.15, -0.1) is 10.2 Å². The molecule has 1 aliphatic rings. The van der Waals surface area contributed by atoms with E-state index in [4.69, 9.17) is 23.2 Å². The fourth-order valence-electron chi connectivity index (χ4n) is 4.20. The molecule has 1 atom stereocenters. The van der Waals surface area contributed by atoms with Gasteiger partial charge < -0.3 is 14.7 Å². The molecule has 2 amide bonds. The van der Waals surface area contributed by atoms with Gasteiger partial charge in [0.1, 0.15) is 6.54 Å². The summed E-state index contributed by atoms with van der Waals surface area (Å²) in [6, 6.07) is 18.6. The second-order valence-corrected chi connectivity index (χ2v) is 9.35. The summed E-state index contributed by atoms with van der Waals surface area (Å²) in [7, 11) is 0. The number of anilines is 1. The van der Waals surface area contributed by atoms with Crippen molar-refractivity contribution in [3.63, 3.8) is 0 Å². The van der Waals surface area contributed by atoms with Crippen molar-refractivity contribution in [1.29, 1.82) is 0 Å². The van der Waals surface area contributed by atoms with E-state index < -0.39 is 0 Å². The average Bonchev–Trinajstić information content (AvgIpc) is 2.87. The normalized spacial score (nSPS) is 14.5. The summed E-state index contributed by atoms with van der Waals surface area (Å²) in [6.45, 7) is 5.88. The van der Waals surface area contributed by atoms with Crippen molar-refractivity contribution < 1.29 is 9.59 Å². The summed E-state index contributed by atoms with van der Waals surface area (Å²) in [5.74, 6) is 0.569. The molecular formula is C26H27Cl2N5O2. The number of rotatable bonds is 6. The van der Waals surface area contributed by atoms with Gasteiger partial charge in [-0.3, -0.25) is 9.59 Å². The zero-order chi connectivity index (χ0) is 24.9. The Hall–Kier alpha value is -3.16. The summed E-state index contributed by atoms with van der Waals surface area (Å²) in [5, 5.41) is 9.79. The van der Waals surface area contributed by atoms with Gasteiger partial charge in [0.15, 0.2) is 5.82 Å². The smallest absolute Gasteiger partial charge is 0.242 e. The number of piperazine rings is 1. The molecule has 0 bridgehead atoms. The number of carbonyl (C=O) groups excluding carboxylic acids is 2. The molecule has 0 aliphatic carbocycles. The zero-order valence-electron chi connectivity index (χ0n) is 19.7. The number of hydrogen-bond acceptors (Lipinski definition) is 5. The summed E-state index contributed by atoms with van der Waals surface area (Å²) in [6.07, 6.45) is 0. The maximum Gasteiger partial charge on any atom is 0.242 e. The van der Waals surface area contributed by atoms with Crippen LogP contribution in [0.5, 0.6) is 0 Å². The third kappa shape index (κ3) is 5.92. The second kappa shape index (κ2) is 11.1. The highest BCUT2D eigenvalue weighted by molar-refractivity contribution is 6.36. The lowest BCUT2D eigenvalue weighted by Crippen LogP contribution is -2.52. The molecule has 35 heavy (non-hydrogen) atoms. The van der Waals surface area contributed by atoms with E-state index in [0.717, 1.165) is 16.9 Å². The van der Waals surface area contributed by atoms with Crippen LogP contribution >= 0.6 is 23.2 Å². The van der Waals surface area contributed by atoms with Crippen LogP contribution in [-0.4, -0.2) is 64.5 Å². The number of nitrogens with zero attached hydrogens (tertiary/aromatic N) is 5. The van der Waals surface area contributed by atoms with Gasteiger partial charge in [-0.1, -0.05) is 53.5 Å². The van der Waals surface area contributed by atoms with Crippen molar-refractivity contribution in [1.82, 2.24) is 20.0 Å². The Morgan fingerprint density at radius 2 is 1.69 bits per heavy atom. The molecule has 0 radical (unpaired) electrons. The van der Waals surface area contributed by atoms with Crippen LogP contribution in [0.2, 0.25) is 10.0 Å². The third-order valence-electron chi connectivity index (χ3n) is 6.27. The number of amides is 2. The minimum atomic E-state index is -0.179. The number of benzene rings is 2. The molecule has 9 heteroatoms. The fourth-order valence-corrected chi connectivity index (χ4v) is 4.70. The molecule has 1 saturated heterocycles. The molecule has 0 N–H and O–H groups in total. The van der Waals surface area contributed by atoms with Crippen molar-refractivity contribution in [3.05, 3.63) is 76.3 Å². The van der Waals surface area contributed by atoms with Gasteiger partial charge in [0, 0.05) is 43.7 Å². The molecule has 1 fully saturated rings. The van der Waals surface area contributed by atoms with Crippen molar-refractivity contribution in [2.24, 2.45) is 0 Å². The van der Waals surface area contributed by atoms with Gasteiger partial charge in [0.05, 0.1) is 16.8 Å². The molecule has 2 aromatic carbocycles. The zero-order valence-corrected chi connectivity index (χ0v) is 21.2. The van der Waals surface area contributed by atoms with Crippen LogP contribution in [0.1, 0.15) is 25.5 Å². The largest absolute Gasteiger partial charge is 0.352 e. The molecule has 2 heterocycles. The van der Waals surface area contributed by atoms with Crippen molar-refractivity contribution in [3.8, 4) is 11.3 Å². The highest BCUT2D eigenvalue weighted by Crippen LogP contribution is 2.29. The lowest BCUT2D eigenvalue weighted by molar-refractivity contribution is -0.141. The molecule has 4 rings (SSSR count). The number of carbonyl (C=O) groups is 2. The van der Waals surface area contributed by atoms with E-state index in [1.165, 1.54) is 6.92 Å². The highest BCUT2D eigenvalue weighted by atomic mass is 35.5. The van der Waals surface area contributed by atoms with Gasteiger partial charge in [-0.2, -0.15) is 0 Å². The molecule has 1 aromatic heterocycles. The van der Waals surface area contributed by atoms with Gasteiger partial charge >= 0.3 is 0 Å². The Bertz CT molecular complexity index is 1180. The Morgan fingerprint density at radius 1 is 0.971 bits per heavy atom. The molecule has 3 aromatic rings. The molecule has 182 valence electrons. The first-order valence-corrected chi connectivity index (χ1v) is 12.2. The Labute approximate surface area is 215 Å². The second-order valence-electron chi connectivity index (χ2n) is 8.50. The number of hydrogen-bond donors (Lipinski definition) is 0. The van der Waals surface area contributed by atoms with E-state index in [2.05, 4.69) is 15.1 Å². The maximum absolute atomic E-state index is 13.0. The molecule has 0 saturated carbocycles. The van der Waals surface area contributed by atoms with Crippen LogP contribution in [0.4, 0.5) is 5.82 Å². The van der Waals surface area contributed by atoms with Gasteiger partial charge in [0.25, 0.3) is 0 Å². The predicted octanol–water partition coefficient (Wildman–Crippen LogP) is 4.71. The summed E-state index contributed by atoms with van der Waals surface area (Å²) >= 11 is 12.3. The maximum atomic E-state index is 13.0. The number of aromatic nitrogens is 2. The summed E-state index contributed by atoms with van der Waals surface area (Å²) in [4.78, 5) is 30.8. The number of halogens is 2. The van der Waals surface area contributed by atoms with E-state index in [1.54, 1.807) is 21.9 Å². The lowest BCUT2D eigenvalue weighted by Gasteiger charge is -2.37. The van der Waals surface area contributed by atoms with E-state index in [1.807, 2.05) is 55.5 Å². The van der Waals surface area contributed by atoms with E-state index >= 15 is 0 Å². The Kier molecular flexibility index (Phi) is 7.88. The Morgan fingerprint density at radius 3 is 2.29 bits per heavy atom. The lowest BCUT2D eigenvalue weighted by atomic mass is 10.1. The van der Waals surface area contributed by atoms with Gasteiger partial charge in [-0.05, 0) is 42.8 Å².